The first-order valence-corrected chi connectivity index (χ1v) is 8.59. The third-order valence-electron chi connectivity index (χ3n) is 4.19. The number of aryl methyl sites for hydroxylation is 2. The smallest absolute Gasteiger partial charge is 0.227 e. The highest BCUT2D eigenvalue weighted by atomic mass is 79.9. The Labute approximate surface area is 186 Å². The van der Waals surface area contributed by atoms with E-state index in [9.17, 15) is 9.59 Å². The number of hydrogen-bond donors (Lipinski definition) is 0. The van der Waals surface area contributed by atoms with Crippen LogP contribution in [0.1, 0.15) is 31.8 Å². The lowest BCUT2D eigenvalue weighted by Gasteiger charge is -2.02. The number of benzene rings is 1. The molecule has 2 aromatic heterocycles. The predicted octanol–water partition coefficient (Wildman–Crippen LogP) is -3.35. The Morgan fingerprint density at radius 2 is 1.04 bits per heavy atom. The molecular weight excluding hydrogens is 484 g/mol. The predicted molar refractivity (Wildman–Crippen MR) is 97.9 cm³/mol. The molecule has 28 heavy (non-hydrogen) atoms. The van der Waals surface area contributed by atoms with Crippen LogP contribution in [0.5, 0.6) is 0 Å². The van der Waals surface area contributed by atoms with Crippen molar-refractivity contribution >= 4 is 11.6 Å². The highest BCUT2D eigenvalue weighted by Crippen LogP contribution is 2.07. The van der Waals surface area contributed by atoms with Gasteiger partial charge in [0.2, 0.25) is 24.7 Å². The highest BCUT2D eigenvalue weighted by Gasteiger charge is 2.15. The van der Waals surface area contributed by atoms with Crippen molar-refractivity contribution in [3.8, 4) is 0 Å². The lowest BCUT2D eigenvalue weighted by Crippen LogP contribution is -3.00. The summed E-state index contributed by atoms with van der Waals surface area (Å²) in [5.41, 5.74) is 3.43. The lowest BCUT2D eigenvalue weighted by molar-refractivity contribution is -0.683. The van der Waals surface area contributed by atoms with Gasteiger partial charge in [-0.25, -0.2) is 0 Å². The summed E-state index contributed by atoms with van der Waals surface area (Å²) in [7, 11) is 0. The summed E-state index contributed by atoms with van der Waals surface area (Å²) in [6.45, 7) is 4.56. The van der Waals surface area contributed by atoms with E-state index in [1.54, 1.807) is 24.3 Å². The first-order valence-electron chi connectivity index (χ1n) is 8.59. The van der Waals surface area contributed by atoms with Gasteiger partial charge in [-0.05, 0) is 26.0 Å². The van der Waals surface area contributed by atoms with Gasteiger partial charge in [0.1, 0.15) is 0 Å². The fourth-order valence-electron chi connectivity index (χ4n) is 2.86. The molecule has 0 radical (unpaired) electrons. The van der Waals surface area contributed by atoms with E-state index in [0.717, 1.165) is 11.1 Å². The molecule has 3 aromatic rings. The number of halogens is 2. The average molecular weight is 506 g/mol. The number of Topliss-reactive ketones (excluding diaryl/α,β-unsaturated/α-hetero) is 2. The Bertz CT molecular complexity index is 878. The summed E-state index contributed by atoms with van der Waals surface area (Å²) < 4.78 is 3.73. The van der Waals surface area contributed by atoms with Crippen molar-refractivity contribution in [2.75, 3.05) is 0 Å². The molecule has 0 saturated heterocycles. The van der Waals surface area contributed by atoms with Crippen LogP contribution in [0.4, 0.5) is 0 Å². The molecule has 4 nitrogen and oxygen atoms in total. The van der Waals surface area contributed by atoms with Crippen molar-refractivity contribution in [3.63, 3.8) is 0 Å². The minimum atomic E-state index is 0. The maximum Gasteiger partial charge on any atom is 0.227 e. The van der Waals surface area contributed by atoms with Crippen molar-refractivity contribution in [1.29, 1.82) is 0 Å². The zero-order chi connectivity index (χ0) is 18.5. The Morgan fingerprint density at radius 1 is 0.679 bits per heavy atom. The molecule has 6 heteroatoms. The van der Waals surface area contributed by atoms with Crippen LogP contribution in [-0.2, 0) is 13.1 Å². The van der Waals surface area contributed by atoms with Crippen LogP contribution in [0, 0.1) is 13.8 Å². The van der Waals surface area contributed by atoms with E-state index >= 15 is 0 Å². The van der Waals surface area contributed by atoms with Crippen molar-refractivity contribution in [3.05, 3.63) is 95.6 Å². The van der Waals surface area contributed by atoms with Crippen LogP contribution in [0.2, 0.25) is 0 Å². The number of carbonyl (C=O) groups excluding carboxylic acids is 2. The summed E-state index contributed by atoms with van der Waals surface area (Å²) in [6, 6.07) is 14.8. The van der Waals surface area contributed by atoms with E-state index in [4.69, 9.17) is 0 Å². The summed E-state index contributed by atoms with van der Waals surface area (Å²) in [5, 5.41) is 0. The molecule has 0 N–H and O–H groups in total. The first kappa shape index (κ1) is 23.9. The van der Waals surface area contributed by atoms with E-state index in [0.29, 0.717) is 11.1 Å². The third kappa shape index (κ3) is 6.46. The van der Waals surface area contributed by atoms with E-state index in [-0.39, 0.29) is 58.6 Å². The SMILES string of the molecule is Cc1ccc[n+](CC(=O)c2ccc(C(=O)C[n+]3cccc(C)c3)cc2)c1.[Br-].[Br-]. The van der Waals surface area contributed by atoms with Gasteiger partial charge >= 0.3 is 0 Å². The molecule has 0 atom stereocenters. The van der Waals surface area contributed by atoms with Crippen LogP contribution in [0.15, 0.2) is 73.3 Å². The molecule has 0 spiro atoms. The van der Waals surface area contributed by atoms with E-state index < -0.39 is 0 Å². The number of ketones is 2. The zero-order valence-corrected chi connectivity index (χ0v) is 19.0. The van der Waals surface area contributed by atoms with Crippen molar-refractivity contribution < 1.29 is 52.7 Å². The van der Waals surface area contributed by atoms with Gasteiger partial charge in [0, 0.05) is 34.4 Å². The van der Waals surface area contributed by atoms with Crippen LogP contribution < -0.4 is 43.1 Å². The summed E-state index contributed by atoms with van der Waals surface area (Å²) in [5.74, 6) is 0.0420. The van der Waals surface area contributed by atoms with Gasteiger partial charge in [-0.2, -0.15) is 9.13 Å². The van der Waals surface area contributed by atoms with Gasteiger partial charge in [-0.3, -0.25) is 9.59 Å². The van der Waals surface area contributed by atoms with Crippen LogP contribution >= 0.6 is 0 Å². The Hall–Kier alpha value is -2.18. The molecule has 3 rings (SSSR count). The Morgan fingerprint density at radius 3 is 1.36 bits per heavy atom. The summed E-state index contributed by atoms with van der Waals surface area (Å²) in [6.07, 6.45) is 7.63. The maximum atomic E-state index is 12.4. The van der Waals surface area contributed by atoms with Crippen LogP contribution in [-0.4, -0.2) is 11.6 Å². The molecule has 0 fully saturated rings. The highest BCUT2D eigenvalue weighted by molar-refractivity contribution is 5.98. The molecule has 0 aliphatic heterocycles. The van der Waals surface area contributed by atoms with Crippen molar-refractivity contribution in [2.45, 2.75) is 26.9 Å². The summed E-state index contributed by atoms with van der Waals surface area (Å²) >= 11 is 0. The normalized spacial score (nSPS) is 9.79. The van der Waals surface area contributed by atoms with E-state index in [1.807, 2.05) is 72.0 Å². The maximum absolute atomic E-state index is 12.4. The second kappa shape index (κ2) is 11.0. The monoisotopic (exact) mass is 504 g/mol. The minimum absolute atomic E-state index is 0. The van der Waals surface area contributed by atoms with Crippen molar-refractivity contribution in [1.82, 2.24) is 0 Å². The fraction of sp³-hybridized carbons (Fsp3) is 0.182. The van der Waals surface area contributed by atoms with Gasteiger partial charge in [0.15, 0.2) is 24.8 Å². The molecule has 0 unspecified atom stereocenters. The molecule has 0 saturated carbocycles. The second-order valence-electron chi connectivity index (χ2n) is 6.53. The topological polar surface area (TPSA) is 41.9 Å². The first-order chi connectivity index (χ1) is 12.5. The van der Waals surface area contributed by atoms with Crippen molar-refractivity contribution in [2.24, 2.45) is 0 Å². The zero-order valence-electron chi connectivity index (χ0n) is 15.8. The Balaban J connectivity index is 0.00000196. The largest absolute Gasteiger partial charge is 1.00 e. The second-order valence-corrected chi connectivity index (χ2v) is 6.53. The van der Waals surface area contributed by atoms with Gasteiger partial charge in [-0.1, -0.05) is 24.3 Å². The third-order valence-corrected chi connectivity index (χ3v) is 4.19. The number of aromatic nitrogens is 2. The standard InChI is InChI=1S/C22H22N2O2.2BrH/c1-17-5-3-11-23(13-17)15-21(25)19-7-9-20(10-8-19)22(26)16-24-12-4-6-18(2)14-24;;/h3-14H,15-16H2,1-2H3;2*1H/q+2;;/p-2. The molecule has 0 aliphatic rings. The number of carbonyl (C=O) groups is 2. The molecule has 2 heterocycles. The quantitative estimate of drug-likeness (QED) is 0.259. The lowest BCUT2D eigenvalue weighted by atomic mass is 10.1. The number of hydrogen-bond acceptors (Lipinski definition) is 2. The molecule has 0 amide bonds. The molecular formula is C22H22Br2N2O2. The van der Waals surface area contributed by atoms with Gasteiger partial charge in [-0.15, -0.1) is 0 Å². The molecule has 0 aliphatic carbocycles. The summed E-state index contributed by atoms with van der Waals surface area (Å²) in [4.78, 5) is 24.9. The van der Waals surface area contributed by atoms with E-state index in [2.05, 4.69) is 0 Å². The molecule has 146 valence electrons. The van der Waals surface area contributed by atoms with Crippen LogP contribution in [0.3, 0.4) is 0 Å². The fourth-order valence-corrected chi connectivity index (χ4v) is 2.86. The molecule has 1 aromatic carbocycles. The van der Waals surface area contributed by atoms with Gasteiger partial charge in [0.05, 0.1) is 0 Å². The van der Waals surface area contributed by atoms with Crippen LogP contribution in [0.25, 0.3) is 0 Å². The number of pyridine rings is 2. The average Bonchev–Trinajstić information content (AvgIpc) is 2.62. The van der Waals surface area contributed by atoms with Gasteiger partial charge in [0.25, 0.3) is 0 Å². The number of rotatable bonds is 6. The Kier molecular flexibility index (Phi) is 9.35. The van der Waals surface area contributed by atoms with E-state index in [1.165, 1.54) is 0 Å². The van der Waals surface area contributed by atoms with Gasteiger partial charge < -0.3 is 34.0 Å². The number of nitrogens with zero attached hydrogens (tertiary/aromatic N) is 2. The molecule has 0 bridgehead atoms. The minimum Gasteiger partial charge on any atom is -1.00 e.